The first-order chi connectivity index (χ1) is 4.52. The summed E-state index contributed by atoms with van der Waals surface area (Å²) in [6, 6.07) is 0. The summed E-state index contributed by atoms with van der Waals surface area (Å²) >= 11 is 0. The van der Waals surface area contributed by atoms with Gasteiger partial charge in [0.05, 0.1) is 0 Å². The van der Waals surface area contributed by atoms with Gasteiger partial charge in [0.2, 0.25) is 0 Å². The Morgan fingerprint density at radius 3 is 1.38 bits per heavy atom. The molecule has 0 radical (unpaired) electrons. The maximum atomic E-state index is 5.37. The molecule has 0 aromatic heterocycles. The van der Waals surface area contributed by atoms with Gasteiger partial charge in [-0.2, -0.15) is 0 Å². The molecule has 78 valence electrons. The largest absolute Gasteiger partial charge is 2.00 e. The minimum absolute atomic E-state index is 0. The first-order valence-corrected chi connectivity index (χ1v) is 5.42. The van der Waals surface area contributed by atoms with Crippen LogP contribution < -0.4 is 0 Å². The third kappa shape index (κ3) is 19.6. The van der Waals surface area contributed by atoms with Crippen LogP contribution in [0.4, 0.5) is 0 Å². The Labute approximate surface area is 107 Å². The zero-order chi connectivity index (χ0) is 8.15. The summed E-state index contributed by atoms with van der Waals surface area (Å²) in [5.41, 5.74) is 0. The van der Waals surface area contributed by atoms with Gasteiger partial charge in [0.25, 0.3) is 0 Å². The molecule has 2 nitrogen and oxygen atoms in total. The molecule has 0 aromatic carbocycles. The molecule has 0 rings (SSSR count). The zero-order valence-corrected chi connectivity index (χ0v) is 12.8. The van der Waals surface area contributed by atoms with E-state index in [9.17, 15) is 0 Å². The van der Waals surface area contributed by atoms with E-state index < -0.39 is 9.28 Å². The molecule has 0 bridgehead atoms. The fraction of sp³-hybridized carbons (Fsp3) is 0.750. The van der Waals surface area contributed by atoms with Crippen molar-refractivity contribution >= 4 is 44.7 Å². The number of rotatable bonds is 4. The molecule has 0 N–H and O–H groups in total. The molecule has 0 aliphatic rings. The maximum absolute atomic E-state index is 5.37. The van der Waals surface area contributed by atoms with E-state index in [1.54, 1.807) is 0 Å². The van der Waals surface area contributed by atoms with E-state index in [2.05, 4.69) is 6.55 Å². The summed E-state index contributed by atoms with van der Waals surface area (Å²) in [6.45, 7) is 11.8. The van der Waals surface area contributed by atoms with Crippen molar-refractivity contribution in [3.63, 3.8) is 0 Å². The van der Waals surface area contributed by atoms with E-state index in [-0.39, 0.29) is 55.1 Å². The molecule has 0 saturated carbocycles. The van der Waals surface area contributed by atoms with E-state index in [0.29, 0.717) is 0 Å². The van der Waals surface area contributed by atoms with Gasteiger partial charge in [0.15, 0.2) is 9.28 Å². The van der Waals surface area contributed by atoms with Gasteiger partial charge in [-0.05, 0) is 27.7 Å². The van der Waals surface area contributed by atoms with Gasteiger partial charge in [-0.15, -0.1) is 12.4 Å². The van der Waals surface area contributed by atoms with Crippen LogP contribution in [0.5, 0.6) is 0 Å². The van der Waals surface area contributed by atoms with Crippen molar-refractivity contribution in [2.24, 2.45) is 0 Å². The molecule has 0 saturated heterocycles. The van der Waals surface area contributed by atoms with Gasteiger partial charge < -0.3 is 16.3 Å². The maximum Gasteiger partial charge on any atom is 2.00 e. The van der Waals surface area contributed by atoms with Crippen molar-refractivity contribution in [3.05, 3.63) is 14.0 Å². The van der Waals surface area contributed by atoms with Crippen LogP contribution in [0, 0.1) is 14.0 Å². The van der Waals surface area contributed by atoms with Gasteiger partial charge in [0, 0.05) is 12.2 Å². The van der Waals surface area contributed by atoms with Crippen LogP contribution in [0.25, 0.3) is 0 Å². The Morgan fingerprint density at radius 1 is 1.00 bits per heavy atom. The molecule has 0 heterocycles. The fourth-order valence-corrected chi connectivity index (χ4v) is 1.92. The molecule has 0 aliphatic heterocycles. The van der Waals surface area contributed by atoms with Crippen molar-refractivity contribution in [3.8, 4) is 0 Å². The minimum Gasteiger partial charge on any atom is -0.418 e. The molecule has 0 spiro atoms. The van der Waals surface area contributed by atoms with Gasteiger partial charge in [-0.1, -0.05) is 0 Å². The second-order valence-electron chi connectivity index (χ2n) is 2.80. The normalized spacial score (nSPS) is 9.23. The topological polar surface area (TPSA) is 18.5 Å². The monoisotopic (exact) mass is 236 g/mol. The van der Waals surface area contributed by atoms with Crippen LogP contribution >= 0.6 is 12.4 Å². The molecule has 0 unspecified atom stereocenters. The van der Waals surface area contributed by atoms with E-state index in [1.807, 2.05) is 27.7 Å². The number of hydrogen-bond acceptors (Lipinski definition) is 2. The summed E-state index contributed by atoms with van der Waals surface area (Å²) < 4.78 is 10.7. The third-order valence-corrected chi connectivity index (χ3v) is 2.54. The second kappa shape index (κ2) is 13.2. The van der Waals surface area contributed by atoms with Gasteiger partial charge >= 0.3 is 23.1 Å². The third-order valence-electron chi connectivity index (χ3n) is 0.848. The van der Waals surface area contributed by atoms with Crippen molar-refractivity contribution in [1.82, 2.24) is 0 Å². The summed E-state index contributed by atoms with van der Waals surface area (Å²) in [5.74, 6) is 0. The predicted octanol–water partition coefficient (Wildman–Crippen LogP) is 1.92. The van der Waals surface area contributed by atoms with Crippen LogP contribution in [-0.4, -0.2) is 44.5 Å². The quantitative estimate of drug-likeness (QED) is 0.549. The summed E-state index contributed by atoms with van der Waals surface area (Å²) in [6.07, 6.45) is 0.487. The van der Waals surface area contributed by atoms with Crippen LogP contribution in [0.1, 0.15) is 27.7 Å². The van der Waals surface area contributed by atoms with E-state index in [0.717, 1.165) is 0 Å². The van der Waals surface area contributed by atoms with E-state index in [4.69, 9.17) is 8.85 Å². The first-order valence-electron chi connectivity index (χ1n) is 3.66. The van der Waals surface area contributed by atoms with Gasteiger partial charge in [-0.3, -0.25) is 6.55 Å². The fourth-order valence-electron chi connectivity index (χ4n) is 0.639. The van der Waals surface area contributed by atoms with Gasteiger partial charge in [-0.25, -0.2) is 0 Å². The van der Waals surface area contributed by atoms with Crippen LogP contribution in [0.2, 0.25) is 0 Å². The smallest absolute Gasteiger partial charge is 0.418 e. The molecule has 0 atom stereocenters. The Hall–Kier alpha value is 1.19. The molecule has 13 heavy (non-hydrogen) atoms. The zero-order valence-electron chi connectivity index (χ0n) is 9.37. The van der Waals surface area contributed by atoms with E-state index >= 15 is 0 Å². The van der Waals surface area contributed by atoms with Crippen LogP contribution in [0.15, 0.2) is 0 Å². The summed E-state index contributed by atoms with van der Waals surface area (Å²) in [5, 5.41) is 0. The Bertz CT molecular complexity index is 84.2. The SMILES string of the molecule is Cl.[CH2-][SiH](OC(C)C)OC(C)C.[CH3-].[Mg+2]. The minimum atomic E-state index is -1.57. The molecule has 0 amide bonds. The van der Waals surface area contributed by atoms with Crippen molar-refractivity contribution in [2.45, 2.75) is 39.9 Å². The molecular weight excluding hydrogens is 216 g/mol. The molecule has 0 aliphatic carbocycles. The molecular formula is C8H21ClMgO2Si. The Morgan fingerprint density at radius 2 is 1.23 bits per heavy atom. The predicted molar refractivity (Wildman–Crippen MR) is 64.4 cm³/mol. The van der Waals surface area contributed by atoms with Crippen molar-refractivity contribution in [1.29, 1.82) is 0 Å². The van der Waals surface area contributed by atoms with Gasteiger partial charge in [0.1, 0.15) is 0 Å². The summed E-state index contributed by atoms with van der Waals surface area (Å²) in [4.78, 5) is 0. The number of hydrogen-bond donors (Lipinski definition) is 0. The Kier molecular flexibility index (Phi) is 24.1. The van der Waals surface area contributed by atoms with E-state index in [1.165, 1.54) is 0 Å². The number of halogens is 1. The Balaban J connectivity index is -0.000000135. The average molecular weight is 237 g/mol. The second-order valence-corrected chi connectivity index (χ2v) is 4.20. The van der Waals surface area contributed by atoms with Crippen LogP contribution in [-0.2, 0) is 8.85 Å². The van der Waals surface area contributed by atoms with Crippen LogP contribution in [0.3, 0.4) is 0 Å². The first kappa shape index (κ1) is 23.8. The average Bonchev–Trinajstić information content (AvgIpc) is 1.58. The van der Waals surface area contributed by atoms with Crippen molar-refractivity contribution in [2.75, 3.05) is 0 Å². The molecule has 0 aromatic rings. The molecule has 0 fully saturated rings. The summed E-state index contributed by atoms with van der Waals surface area (Å²) in [7, 11) is -1.57. The molecule has 5 heteroatoms. The standard InChI is InChI=1S/C7H17O2Si.CH3.ClH.Mg/c1-6(2)8-10(5)9-7(3)4;;;/h6-7,10H,5H2,1-4H3;1H3;1H;/q2*-1;;+2. The van der Waals surface area contributed by atoms with Crippen molar-refractivity contribution < 1.29 is 8.85 Å².